The first kappa shape index (κ1) is 12.0. The Hall–Kier alpha value is -2.10. The molecule has 0 amide bonds. The lowest BCUT2D eigenvalue weighted by molar-refractivity contribution is -0.136. The molecule has 1 aromatic rings. The fraction of sp³-hybridized carbons (Fsp3) is 0.167. The van der Waals surface area contributed by atoms with E-state index in [9.17, 15) is 9.59 Å². The standard InChI is InChI=1S/C12H12O4/c1-8(13)10(7-12(15)16)6-9-2-4-11(14)5-3-9/h2-6,14H,7H2,1H3,(H,15,16). The third kappa shape index (κ3) is 3.57. The van der Waals surface area contributed by atoms with E-state index in [0.717, 1.165) is 0 Å². The zero-order valence-electron chi connectivity index (χ0n) is 8.80. The van der Waals surface area contributed by atoms with Gasteiger partial charge in [0, 0.05) is 5.57 Å². The summed E-state index contributed by atoms with van der Waals surface area (Å²) in [4.78, 5) is 21.7. The molecule has 0 saturated heterocycles. The number of benzene rings is 1. The van der Waals surface area contributed by atoms with Crippen molar-refractivity contribution >= 4 is 17.8 Å². The lowest BCUT2D eigenvalue weighted by Crippen LogP contribution is -2.04. The van der Waals surface area contributed by atoms with Crippen LogP contribution in [-0.4, -0.2) is 22.0 Å². The minimum atomic E-state index is -1.04. The van der Waals surface area contributed by atoms with Crippen molar-refractivity contribution in [3.8, 4) is 5.75 Å². The van der Waals surface area contributed by atoms with Gasteiger partial charge in [0.25, 0.3) is 0 Å². The maximum absolute atomic E-state index is 11.2. The Kier molecular flexibility index (Phi) is 3.83. The van der Waals surface area contributed by atoms with E-state index in [-0.39, 0.29) is 23.5 Å². The maximum atomic E-state index is 11.2. The SMILES string of the molecule is CC(=O)C(=Cc1ccc(O)cc1)CC(=O)O. The minimum Gasteiger partial charge on any atom is -0.508 e. The number of rotatable bonds is 4. The van der Waals surface area contributed by atoms with Gasteiger partial charge >= 0.3 is 5.97 Å². The summed E-state index contributed by atoms with van der Waals surface area (Å²) >= 11 is 0. The van der Waals surface area contributed by atoms with Crippen LogP contribution < -0.4 is 0 Å². The zero-order chi connectivity index (χ0) is 12.1. The van der Waals surface area contributed by atoms with Gasteiger partial charge in [-0.1, -0.05) is 12.1 Å². The summed E-state index contributed by atoms with van der Waals surface area (Å²) in [6.07, 6.45) is 1.21. The molecule has 0 fully saturated rings. The third-order valence-corrected chi connectivity index (χ3v) is 2.03. The minimum absolute atomic E-state index is 0.125. The average Bonchev–Trinajstić information content (AvgIpc) is 2.19. The molecule has 0 aliphatic heterocycles. The Balaban J connectivity index is 2.97. The molecule has 0 aromatic heterocycles. The summed E-state index contributed by atoms with van der Waals surface area (Å²) in [7, 11) is 0. The number of carbonyl (C=O) groups excluding carboxylic acids is 1. The number of phenols is 1. The molecule has 0 bridgehead atoms. The van der Waals surface area contributed by atoms with Crippen molar-refractivity contribution in [2.45, 2.75) is 13.3 Å². The number of ketones is 1. The van der Waals surface area contributed by atoms with E-state index < -0.39 is 5.97 Å². The van der Waals surface area contributed by atoms with Gasteiger partial charge in [-0.05, 0) is 30.7 Å². The summed E-state index contributed by atoms with van der Waals surface area (Å²) in [5.74, 6) is -1.18. The van der Waals surface area contributed by atoms with E-state index in [0.29, 0.717) is 5.56 Å². The van der Waals surface area contributed by atoms with Crippen LogP contribution in [0.5, 0.6) is 5.75 Å². The van der Waals surface area contributed by atoms with Crippen LogP contribution in [-0.2, 0) is 9.59 Å². The smallest absolute Gasteiger partial charge is 0.307 e. The Morgan fingerprint density at radius 2 is 1.81 bits per heavy atom. The molecule has 1 aromatic carbocycles. The van der Waals surface area contributed by atoms with Gasteiger partial charge in [0.1, 0.15) is 5.75 Å². The highest BCUT2D eigenvalue weighted by Gasteiger charge is 2.08. The first-order valence-corrected chi connectivity index (χ1v) is 4.71. The molecule has 84 valence electrons. The highest BCUT2D eigenvalue weighted by atomic mass is 16.4. The van der Waals surface area contributed by atoms with Crippen molar-refractivity contribution < 1.29 is 19.8 Å². The van der Waals surface area contributed by atoms with Crippen molar-refractivity contribution in [1.29, 1.82) is 0 Å². The summed E-state index contributed by atoms with van der Waals surface area (Å²) < 4.78 is 0. The Bertz CT molecular complexity index is 429. The molecule has 0 radical (unpaired) electrons. The molecule has 0 aliphatic carbocycles. The van der Waals surface area contributed by atoms with Crippen LogP contribution in [0.3, 0.4) is 0 Å². The van der Waals surface area contributed by atoms with Crippen LogP contribution in [0.15, 0.2) is 29.8 Å². The van der Waals surface area contributed by atoms with Gasteiger partial charge in [0.05, 0.1) is 6.42 Å². The van der Waals surface area contributed by atoms with Crippen molar-refractivity contribution in [2.24, 2.45) is 0 Å². The van der Waals surface area contributed by atoms with Gasteiger partial charge in [-0.3, -0.25) is 9.59 Å². The fourth-order valence-corrected chi connectivity index (χ4v) is 1.21. The Labute approximate surface area is 92.8 Å². The molecule has 4 nitrogen and oxygen atoms in total. The number of Topliss-reactive ketones (excluding diaryl/α,β-unsaturated/α-hetero) is 1. The van der Waals surface area contributed by atoms with Gasteiger partial charge in [0.15, 0.2) is 5.78 Å². The van der Waals surface area contributed by atoms with Gasteiger partial charge in [-0.25, -0.2) is 0 Å². The molecule has 2 N–H and O–H groups in total. The Morgan fingerprint density at radius 3 is 2.25 bits per heavy atom. The molecule has 0 saturated carbocycles. The van der Waals surface area contributed by atoms with Crippen molar-refractivity contribution in [2.75, 3.05) is 0 Å². The van der Waals surface area contributed by atoms with Gasteiger partial charge in [-0.15, -0.1) is 0 Å². The predicted molar refractivity (Wildman–Crippen MR) is 59.0 cm³/mol. The number of carboxylic acids is 1. The van der Waals surface area contributed by atoms with E-state index >= 15 is 0 Å². The van der Waals surface area contributed by atoms with E-state index in [2.05, 4.69) is 0 Å². The van der Waals surface area contributed by atoms with Crippen LogP contribution >= 0.6 is 0 Å². The third-order valence-electron chi connectivity index (χ3n) is 2.03. The van der Waals surface area contributed by atoms with Crippen LogP contribution in [0.25, 0.3) is 6.08 Å². The second-order valence-corrected chi connectivity index (χ2v) is 3.39. The van der Waals surface area contributed by atoms with Crippen molar-refractivity contribution in [3.05, 3.63) is 35.4 Å². The van der Waals surface area contributed by atoms with Crippen LogP contribution in [0, 0.1) is 0 Å². The molecule has 0 atom stereocenters. The highest BCUT2D eigenvalue weighted by Crippen LogP contribution is 2.14. The first-order chi connectivity index (χ1) is 7.49. The van der Waals surface area contributed by atoms with Crippen molar-refractivity contribution in [1.82, 2.24) is 0 Å². The highest BCUT2D eigenvalue weighted by molar-refractivity contribution is 6.01. The van der Waals surface area contributed by atoms with E-state index in [1.807, 2.05) is 0 Å². The number of hydrogen-bond acceptors (Lipinski definition) is 3. The second-order valence-electron chi connectivity index (χ2n) is 3.39. The molecule has 4 heteroatoms. The number of phenolic OH excluding ortho intramolecular Hbond substituents is 1. The Morgan fingerprint density at radius 1 is 1.25 bits per heavy atom. The van der Waals surface area contributed by atoms with E-state index in [1.54, 1.807) is 12.1 Å². The molecule has 1 rings (SSSR count). The van der Waals surface area contributed by atoms with E-state index in [4.69, 9.17) is 10.2 Å². The quantitative estimate of drug-likeness (QED) is 0.759. The number of aliphatic carboxylic acids is 1. The molecule has 16 heavy (non-hydrogen) atoms. The monoisotopic (exact) mass is 220 g/mol. The lowest BCUT2D eigenvalue weighted by atomic mass is 10.0. The summed E-state index contributed by atoms with van der Waals surface area (Å²) in [6, 6.07) is 6.18. The fourth-order valence-electron chi connectivity index (χ4n) is 1.21. The number of aromatic hydroxyl groups is 1. The number of carboxylic acid groups (broad SMARTS) is 1. The molecule has 0 heterocycles. The molecular formula is C12H12O4. The lowest BCUT2D eigenvalue weighted by Gasteiger charge is -2.00. The number of carbonyl (C=O) groups is 2. The number of hydrogen-bond donors (Lipinski definition) is 2. The zero-order valence-corrected chi connectivity index (χ0v) is 8.80. The molecule has 0 unspecified atom stereocenters. The van der Waals surface area contributed by atoms with Crippen molar-refractivity contribution in [3.63, 3.8) is 0 Å². The summed E-state index contributed by atoms with van der Waals surface area (Å²) in [6.45, 7) is 1.33. The first-order valence-electron chi connectivity index (χ1n) is 4.71. The maximum Gasteiger partial charge on any atom is 0.307 e. The molecule has 0 aliphatic rings. The van der Waals surface area contributed by atoms with Gasteiger partial charge in [-0.2, -0.15) is 0 Å². The average molecular weight is 220 g/mol. The summed E-state index contributed by atoms with van der Waals surface area (Å²) in [5, 5.41) is 17.7. The van der Waals surface area contributed by atoms with E-state index in [1.165, 1.54) is 25.1 Å². The normalized spacial score (nSPS) is 11.2. The topological polar surface area (TPSA) is 74.6 Å². The van der Waals surface area contributed by atoms with Crippen LogP contribution in [0.4, 0.5) is 0 Å². The largest absolute Gasteiger partial charge is 0.508 e. The van der Waals surface area contributed by atoms with Gasteiger partial charge < -0.3 is 10.2 Å². The molecule has 0 spiro atoms. The van der Waals surface area contributed by atoms with Crippen LogP contribution in [0.2, 0.25) is 0 Å². The molecular weight excluding hydrogens is 208 g/mol. The van der Waals surface area contributed by atoms with Gasteiger partial charge in [0.2, 0.25) is 0 Å². The predicted octanol–water partition coefficient (Wildman–Crippen LogP) is 1.84. The van der Waals surface area contributed by atoms with Crippen LogP contribution in [0.1, 0.15) is 18.9 Å². The second kappa shape index (κ2) is 5.11. The summed E-state index contributed by atoms with van der Waals surface area (Å²) in [5.41, 5.74) is 0.919.